The Bertz CT molecular complexity index is 1430. The molecular formula is C24H19N5O2S. The largest absolute Gasteiger partial charge is 0.494 e. The molecule has 32 heavy (non-hydrogen) atoms. The van der Waals surface area contributed by atoms with Gasteiger partial charge in [-0.15, -0.1) is 0 Å². The monoisotopic (exact) mass is 441 g/mol. The van der Waals surface area contributed by atoms with E-state index in [0.717, 1.165) is 27.0 Å². The van der Waals surface area contributed by atoms with Crippen molar-refractivity contribution in [3.63, 3.8) is 0 Å². The van der Waals surface area contributed by atoms with Gasteiger partial charge in [0.1, 0.15) is 11.3 Å². The van der Waals surface area contributed by atoms with Crippen LogP contribution in [0.2, 0.25) is 0 Å². The van der Waals surface area contributed by atoms with E-state index >= 15 is 0 Å². The van der Waals surface area contributed by atoms with E-state index in [4.69, 9.17) is 9.72 Å². The first kappa shape index (κ1) is 20.0. The van der Waals surface area contributed by atoms with Crippen molar-refractivity contribution in [2.45, 2.75) is 13.5 Å². The molecule has 0 spiro atoms. The van der Waals surface area contributed by atoms with Crippen LogP contribution < -0.4 is 9.64 Å². The van der Waals surface area contributed by atoms with Crippen LogP contribution in [0, 0.1) is 6.92 Å². The van der Waals surface area contributed by atoms with Crippen molar-refractivity contribution in [1.29, 1.82) is 0 Å². The lowest BCUT2D eigenvalue weighted by Gasteiger charge is -2.19. The summed E-state index contributed by atoms with van der Waals surface area (Å²) >= 11 is 1.47. The minimum atomic E-state index is -0.182. The van der Waals surface area contributed by atoms with Crippen LogP contribution in [-0.4, -0.2) is 33.0 Å². The molecule has 0 atom stereocenters. The van der Waals surface area contributed by atoms with Crippen LogP contribution in [0.3, 0.4) is 0 Å². The third kappa shape index (κ3) is 3.65. The molecule has 0 unspecified atom stereocenters. The first-order valence-electron chi connectivity index (χ1n) is 10.0. The van der Waals surface area contributed by atoms with Crippen LogP contribution in [0.5, 0.6) is 5.75 Å². The van der Waals surface area contributed by atoms with Crippen molar-refractivity contribution in [1.82, 2.24) is 19.9 Å². The van der Waals surface area contributed by atoms with Gasteiger partial charge in [-0.25, -0.2) is 4.98 Å². The van der Waals surface area contributed by atoms with Crippen LogP contribution in [0.1, 0.15) is 21.6 Å². The van der Waals surface area contributed by atoms with E-state index in [1.54, 1.807) is 48.8 Å². The number of fused-ring (bicyclic) bond motifs is 2. The van der Waals surface area contributed by atoms with Gasteiger partial charge >= 0.3 is 0 Å². The normalized spacial score (nSPS) is 11.1. The van der Waals surface area contributed by atoms with Gasteiger partial charge < -0.3 is 4.74 Å². The van der Waals surface area contributed by atoms with Gasteiger partial charge in [-0.3, -0.25) is 24.6 Å². The Morgan fingerprint density at radius 1 is 1.00 bits per heavy atom. The molecule has 5 rings (SSSR count). The molecule has 2 aromatic carbocycles. The standard InChI is InChI=1S/C24H19N5O2S/c1-15-6-9-20(31-2)21-22(15)32-24(28-21)29(14-17-5-3-4-10-25-17)23(30)16-7-8-18-19(13-16)27-12-11-26-18/h3-13H,14H2,1-2H3. The van der Waals surface area contributed by atoms with Gasteiger partial charge in [0.2, 0.25) is 0 Å². The van der Waals surface area contributed by atoms with E-state index in [-0.39, 0.29) is 5.91 Å². The average Bonchev–Trinajstić information content (AvgIpc) is 3.29. The lowest BCUT2D eigenvalue weighted by atomic mass is 10.1. The van der Waals surface area contributed by atoms with Crippen LogP contribution in [0.25, 0.3) is 21.3 Å². The number of carbonyl (C=O) groups excluding carboxylic acids is 1. The molecule has 0 saturated carbocycles. The highest BCUT2D eigenvalue weighted by Gasteiger charge is 2.24. The summed E-state index contributed by atoms with van der Waals surface area (Å²) in [5.41, 5.74) is 4.51. The summed E-state index contributed by atoms with van der Waals surface area (Å²) in [6.07, 6.45) is 4.97. The Morgan fingerprint density at radius 2 is 1.84 bits per heavy atom. The lowest BCUT2D eigenvalue weighted by molar-refractivity contribution is 0.0985. The second-order valence-corrected chi connectivity index (χ2v) is 8.21. The van der Waals surface area contributed by atoms with Gasteiger partial charge in [-0.05, 0) is 48.9 Å². The number of rotatable bonds is 5. The number of nitrogens with zero attached hydrogens (tertiary/aromatic N) is 5. The van der Waals surface area contributed by atoms with Gasteiger partial charge in [-0.1, -0.05) is 23.5 Å². The van der Waals surface area contributed by atoms with Gasteiger partial charge in [-0.2, -0.15) is 0 Å². The van der Waals surface area contributed by atoms with Crippen LogP contribution in [-0.2, 0) is 6.54 Å². The minimum Gasteiger partial charge on any atom is -0.494 e. The number of hydrogen-bond donors (Lipinski definition) is 0. The summed E-state index contributed by atoms with van der Waals surface area (Å²) in [5, 5.41) is 0.586. The Balaban J connectivity index is 1.62. The molecule has 0 aliphatic rings. The first-order valence-corrected chi connectivity index (χ1v) is 10.8. The third-order valence-corrected chi connectivity index (χ3v) is 6.36. The summed E-state index contributed by atoms with van der Waals surface area (Å²) in [6, 6.07) is 14.9. The number of aromatic nitrogens is 4. The number of carbonyl (C=O) groups is 1. The first-order chi connectivity index (χ1) is 15.6. The van der Waals surface area contributed by atoms with Crippen LogP contribution >= 0.6 is 11.3 Å². The maximum absolute atomic E-state index is 13.7. The molecule has 0 aliphatic heterocycles. The molecule has 7 nitrogen and oxygen atoms in total. The maximum Gasteiger partial charge on any atom is 0.260 e. The van der Waals surface area contributed by atoms with Crippen molar-refractivity contribution in [2.24, 2.45) is 0 Å². The molecule has 0 aliphatic carbocycles. The topological polar surface area (TPSA) is 81.1 Å². The molecule has 0 radical (unpaired) electrons. The van der Waals surface area contributed by atoms with E-state index < -0.39 is 0 Å². The Morgan fingerprint density at radius 3 is 2.62 bits per heavy atom. The Kier molecular flexibility index (Phi) is 5.20. The van der Waals surface area contributed by atoms with E-state index in [2.05, 4.69) is 15.0 Å². The highest BCUT2D eigenvalue weighted by atomic mass is 32.1. The summed E-state index contributed by atoms with van der Waals surface area (Å²) in [6.45, 7) is 2.32. The predicted octanol–water partition coefficient (Wildman–Crippen LogP) is 4.80. The Hall–Kier alpha value is -3.91. The molecule has 1 amide bonds. The van der Waals surface area contributed by atoms with Gasteiger partial charge in [0.05, 0.1) is 35.1 Å². The van der Waals surface area contributed by atoms with Crippen molar-refractivity contribution in [3.05, 3.63) is 83.9 Å². The number of hydrogen-bond acceptors (Lipinski definition) is 7. The quantitative estimate of drug-likeness (QED) is 0.390. The summed E-state index contributed by atoms with van der Waals surface area (Å²) in [7, 11) is 1.62. The zero-order chi connectivity index (χ0) is 22.1. The van der Waals surface area contributed by atoms with Crippen molar-refractivity contribution in [2.75, 3.05) is 12.0 Å². The number of pyridine rings is 1. The molecule has 0 saturated heterocycles. The molecule has 0 fully saturated rings. The fourth-order valence-corrected chi connectivity index (χ4v) is 4.56. The highest BCUT2D eigenvalue weighted by Crippen LogP contribution is 2.37. The molecule has 3 aromatic heterocycles. The molecule has 158 valence electrons. The maximum atomic E-state index is 13.7. The van der Waals surface area contributed by atoms with Gasteiger partial charge in [0.15, 0.2) is 5.13 Å². The highest BCUT2D eigenvalue weighted by molar-refractivity contribution is 7.22. The predicted molar refractivity (Wildman–Crippen MR) is 125 cm³/mol. The lowest BCUT2D eigenvalue weighted by Crippen LogP contribution is -2.30. The second kappa shape index (κ2) is 8.32. The summed E-state index contributed by atoms with van der Waals surface area (Å²) in [4.78, 5) is 33.2. The summed E-state index contributed by atoms with van der Waals surface area (Å²) in [5.74, 6) is 0.498. The smallest absolute Gasteiger partial charge is 0.260 e. The van der Waals surface area contributed by atoms with E-state index in [0.29, 0.717) is 28.5 Å². The van der Waals surface area contributed by atoms with Gasteiger partial charge in [0, 0.05) is 24.2 Å². The van der Waals surface area contributed by atoms with Crippen LogP contribution in [0.4, 0.5) is 5.13 Å². The number of benzene rings is 2. The second-order valence-electron chi connectivity index (χ2n) is 7.23. The van der Waals surface area contributed by atoms with Crippen molar-refractivity contribution >= 4 is 43.6 Å². The minimum absolute atomic E-state index is 0.182. The SMILES string of the molecule is COc1ccc(C)c2sc(N(Cc3ccccn3)C(=O)c3ccc4nccnc4c3)nc12. The number of anilines is 1. The Labute approximate surface area is 188 Å². The number of amides is 1. The number of thiazole rings is 1. The molecule has 5 aromatic rings. The average molecular weight is 442 g/mol. The molecule has 0 N–H and O–H groups in total. The molecular weight excluding hydrogens is 422 g/mol. The number of aryl methyl sites for hydroxylation is 1. The van der Waals surface area contributed by atoms with E-state index in [9.17, 15) is 4.79 Å². The van der Waals surface area contributed by atoms with Crippen LogP contribution in [0.15, 0.2) is 67.1 Å². The van der Waals surface area contributed by atoms with E-state index in [1.165, 1.54) is 11.3 Å². The molecule has 8 heteroatoms. The van der Waals surface area contributed by atoms with Crippen molar-refractivity contribution in [3.8, 4) is 5.75 Å². The molecule has 0 bridgehead atoms. The fraction of sp³-hybridized carbons (Fsp3) is 0.125. The zero-order valence-electron chi connectivity index (χ0n) is 17.5. The van der Waals surface area contributed by atoms with E-state index in [1.807, 2.05) is 37.3 Å². The van der Waals surface area contributed by atoms with Crippen molar-refractivity contribution < 1.29 is 9.53 Å². The summed E-state index contributed by atoms with van der Waals surface area (Å²) < 4.78 is 6.49. The fourth-order valence-electron chi connectivity index (χ4n) is 3.51. The number of methoxy groups -OCH3 is 1. The van der Waals surface area contributed by atoms with Gasteiger partial charge in [0.25, 0.3) is 5.91 Å². The molecule has 3 heterocycles. The third-order valence-electron chi connectivity index (χ3n) is 5.15. The number of ether oxygens (including phenoxy) is 1. The zero-order valence-corrected chi connectivity index (χ0v) is 18.3.